The Morgan fingerprint density at radius 1 is 1.21 bits per heavy atom. The van der Waals surface area contributed by atoms with Crippen LogP contribution in [0.2, 0.25) is 0 Å². The first-order valence-electron chi connectivity index (χ1n) is 5.52. The Hall–Kier alpha value is -1.44. The van der Waals surface area contributed by atoms with Crippen LogP contribution in [-0.2, 0) is 16.6 Å². The van der Waals surface area contributed by atoms with Crippen LogP contribution < -0.4 is 10.0 Å². The first-order chi connectivity index (χ1) is 9.03. The molecule has 0 radical (unpaired) electrons. The molecule has 0 aliphatic carbocycles. The summed E-state index contributed by atoms with van der Waals surface area (Å²) in [6, 6.07) is 6.75. The van der Waals surface area contributed by atoms with Crippen LogP contribution in [0.25, 0.3) is 0 Å². The Kier molecular flexibility index (Phi) is 4.18. The van der Waals surface area contributed by atoms with Crippen LogP contribution in [0.3, 0.4) is 0 Å². The zero-order valence-electron chi connectivity index (χ0n) is 10.2. The first kappa shape index (κ1) is 14.0. The van der Waals surface area contributed by atoms with Gasteiger partial charge in [0.2, 0.25) is 0 Å². The fraction of sp³-hybridized carbons (Fsp3) is 0.167. The molecule has 1 aromatic carbocycles. The molecule has 2 rings (SSSR count). The summed E-state index contributed by atoms with van der Waals surface area (Å²) in [5, 5.41) is 4.65. The lowest BCUT2D eigenvalue weighted by atomic mass is 10.3. The number of nitrogens with one attached hydrogen (secondary N) is 2. The molecule has 0 bridgehead atoms. The molecule has 0 unspecified atom stereocenters. The molecule has 19 heavy (non-hydrogen) atoms. The van der Waals surface area contributed by atoms with Gasteiger partial charge in [-0.15, -0.1) is 11.3 Å². The Balaban J connectivity index is 2.27. The lowest BCUT2D eigenvalue weighted by Crippen LogP contribution is -2.15. The molecule has 0 amide bonds. The second kappa shape index (κ2) is 5.68. The number of halogens is 1. The summed E-state index contributed by atoms with van der Waals surface area (Å²) >= 11 is 1.37. The molecule has 7 heteroatoms. The maximum atomic E-state index is 12.8. The van der Waals surface area contributed by atoms with E-state index in [9.17, 15) is 12.8 Å². The molecule has 1 heterocycles. The highest BCUT2D eigenvalue weighted by Crippen LogP contribution is 2.24. The second-order valence-corrected chi connectivity index (χ2v) is 6.50. The van der Waals surface area contributed by atoms with E-state index in [1.165, 1.54) is 35.6 Å². The minimum atomic E-state index is -3.64. The minimum absolute atomic E-state index is 0.246. The van der Waals surface area contributed by atoms with Crippen molar-refractivity contribution in [1.82, 2.24) is 5.32 Å². The van der Waals surface area contributed by atoms with E-state index in [2.05, 4.69) is 10.0 Å². The summed E-state index contributed by atoms with van der Waals surface area (Å²) in [7, 11) is -1.88. The molecule has 0 saturated heterocycles. The van der Waals surface area contributed by atoms with Gasteiger partial charge in [-0.25, -0.2) is 12.8 Å². The van der Waals surface area contributed by atoms with Crippen LogP contribution in [0.4, 0.5) is 10.1 Å². The largest absolute Gasteiger partial charge is 0.315 e. The quantitative estimate of drug-likeness (QED) is 0.891. The number of anilines is 1. The maximum absolute atomic E-state index is 12.8. The van der Waals surface area contributed by atoms with Gasteiger partial charge in [0, 0.05) is 17.1 Å². The fourth-order valence-corrected chi connectivity index (χ4v) is 4.10. The molecule has 2 N–H and O–H groups in total. The van der Waals surface area contributed by atoms with Crippen molar-refractivity contribution in [3.63, 3.8) is 0 Å². The molecular formula is C12H13FN2O2S2. The van der Waals surface area contributed by atoms with E-state index in [0.29, 0.717) is 12.2 Å². The van der Waals surface area contributed by atoms with Crippen molar-refractivity contribution in [2.24, 2.45) is 0 Å². The highest BCUT2D eigenvalue weighted by molar-refractivity contribution is 7.93. The Morgan fingerprint density at radius 2 is 1.89 bits per heavy atom. The first-order valence-corrected chi connectivity index (χ1v) is 7.88. The molecule has 2 aromatic rings. The van der Waals surface area contributed by atoms with Crippen LogP contribution >= 0.6 is 11.3 Å². The third-order valence-electron chi connectivity index (χ3n) is 2.43. The Morgan fingerprint density at radius 3 is 2.53 bits per heavy atom. The molecule has 0 aliphatic heterocycles. The summed E-state index contributed by atoms with van der Waals surface area (Å²) in [4.78, 5) is 0.980. The van der Waals surface area contributed by atoms with Crippen LogP contribution in [0.5, 0.6) is 0 Å². The van der Waals surface area contributed by atoms with Crippen LogP contribution in [0.15, 0.2) is 40.6 Å². The molecule has 0 fully saturated rings. The van der Waals surface area contributed by atoms with Crippen molar-refractivity contribution in [1.29, 1.82) is 0 Å². The summed E-state index contributed by atoms with van der Waals surface area (Å²) in [5.41, 5.74) is 0.336. The van der Waals surface area contributed by atoms with E-state index in [1.54, 1.807) is 18.5 Å². The standard InChI is InChI=1S/C12H13FN2O2S2/c1-14-8-11-12(6-7-18-11)19(16,17)15-10-4-2-9(13)3-5-10/h2-7,14-15H,8H2,1H3. The molecule has 0 atom stereocenters. The number of sulfonamides is 1. The molecule has 0 spiro atoms. The molecule has 102 valence electrons. The summed E-state index contributed by atoms with van der Waals surface area (Å²) in [5.74, 6) is -0.408. The molecule has 0 saturated carbocycles. The van der Waals surface area contributed by atoms with E-state index in [-0.39, 0.29) is 4.90 Å². The van der Waals surface area contributed by atoms with Crippen molar-refractivity contribution < 1.29 is 12.8 Å². The van der Waals surface area contributed by atoms with Gasteiger partial charge < -0.3 is 5.32 Å². The van der Waals surface area contributed by atoms with Crippen LogP contribution in [0.1, 0.15) is 4.88 Å². The molecular weight excluding hydrogens is 287 g/mol. The van der Waals surface area contributed by atoms with E-state index in [4.69, 9.17) is 0 Å². The minimum Gasteiger partial charge on any atom is -0.315 e. The number of benzene rings is 1. The SMILES string of the molecule is CNCc1sccc1S(=O)(=O)Nc1ccc(F)cc1. The maximum Gasteiger partial charge on any atom is 0.263 e. The van der Waals surface area contributed by atoms with Gasteiger partial charge in [0.05, 0.1) is 0 Å². The summed E-state index contributed by atoms with van der Waals surface area (Å²) < 4.78 is 39.6. The van der Waals surface area contributed by atoms with Crippen molar-refractivity contribution in [2.45, 2.75) is 11.4 Å². The van der Waals surface area contributed by atoms with Crippen molar-refractivity contribution in [3.05, 3.63) is 46.4 Å². The lowest BCUT2D eigenvalue weighted by molar-refractivity contribution is 0.600. The topological polar surface area (TPSA) is 58.2 Å². The van der Waals surface area contributed by atoms with Crippen LogP contribution in [0, 0.1) is 5.82 Å². The van der Waals surface area contributed by atoms with Gasteiger partial charge >= 0.3 is 0 Å². The van der Waals surface area contributed by atoms with E-state index < -0.39 is 15.8 Å². The normalized spacial score (nSPS) is 11.5. The van der Waals surface area contributed by atoms with Gasteiger partial charge in [-0.3, -0.25) is 4.72 Å². The van der Waals surface area contributed by atoms with E-state index in [0.717, 1.165) is 4.88 Å². The molecule has 0 aliphatic rings. The predicted octanol–water partition coefficient (Wildman–Crippen LogP) is 2.41. The van der Waals surface area contributed by atoms with Gasteiger partial charge in [0.15, 0.2) is 0 Å². The van der Waals surface area contributed by atoms with Gasteiger partial charge in [-0.1, -0.05) is 0 Å². The molecule has 4 nitrogen and oxygen atoms in total. The lowest BCUT2D eigenvalue weighted by Gasteiger charge is -2.08. The highest BCUT2D eigenvalue weighted by atomic mass is 32.2. The Bertz CT molecular complexity index is 651. The highest BCUT2D eigenvalue weighted by Gasteiger charge is 2.19. The fourth-order valence-electron chi connectivity index (χ4n) is 1.59. The van der Waals surface area contributed by atoms with Crippen molar-refractivity contribution in [3.8, 4) is 0 Å². The number of rotatable bonds is 5. The van der Waals surface area contributed by atoms with Crippen LogP contribution in [-0.4, -0.2) is 15.5 Å². The number of hydrogen-bond donors (Lipinski definition) is 2. The third-order valence-corrected chi connectivity index (χ3v) is 4.94. The Labute approximate surface area is 115 Å². The van der Waals surface area contributed by atoms with Crippen molar-refractivity contribution >= 4 is 27.0 Å². The second-order valence-electron chi connectivity index (χ2n) is 3.85. The smallest absolute Gasteiger partial charge is 0.263 e. The predicted molar refractivity (Wildman–Crippen MR) is 74.3 cm³/mol. The van der Waals surface area contributed by atoms with Gasteiger partial charge in [-0.05, 0) is 42.8 Å². The third kappa shape index (κ3) is 3.31. The number of hydrogen-bond acceptors (Lipinski definition) is 4. The average Bonchev–Trinajstić information content (AvgIpc) is 2.81. The summed E-state index contributed by atoms with van der Waals surface area (Å²) in [6.07, 6.45) is 0. The monoisotopic (exact) mass is 300 g/mol. The van der Waals surface area contributed by atoms with Gasteiger partial charge in [0.1, 0.15) is 10.7 Å². The number of thiophene rings is 1. The molecule has 1 aromatic heterocycles. The van der Waals surface area contributed by atoms with E-state index >= 15 is 0 Å². The zero-order chi connectivity index (χ0) is 13.9. The summed E-state index contributed by atoms with van der Waals surface area (Å²) in [6.45, 7) is 0.483. The average molecular weight is 300 g/mol. The van der Waals surface area contributed by atoms with Gasteiger partial charge in [0.25, 0.3) is 10.0 Å². The van der Waals surface area contributed by atoms with Crippen molar-refractivity contribution in [2.75, 3.05) is 11.8 Å². The van der Waals surface area contributed by atoms with Gasteiger partial charge in [-0.2, -0.15) is 0 Å². The zero-order valence-corrected chi connectivity index (χ0v) is 11.8. The van der Waals surface area contributed by atoms with E-state index in [1.807, 2.05) is 0 Å².